The summed E-state index contributed by atoms with van der Waals surface area (Å²) in [4.78, 5) is 19.2. The zero-order chi connectivity index (χ0) is 21.8. The van der Waals surface area contributed by atoms with Crippen molar-refractivity contribution < 1.29 is 27.4 Å². The Morgan fingerprint density at radius 3 is 2.48 bits per heavy atom. The lowest BCUT2D eigenvalue weighted by Gasteiger charge is -2.17. The molecule has 3 aromatic rings. The smallest absolute Gasteiger partial charge is 0.481 e. The van der Waals surface area contributed by atoms with E-state index in [1.54, 1.807) is 6.07 Å². The summed E-state index contributed by atoms with van der Waals surface area (Å²) in [7, 11) is 0. The van der Waals surface area contributed by atoms with E-state index in [9.17, 15) is 18.0 Å². The number of fused-ring (bicyclic) bond motifs is 1. The predicted molar refractivity (Wildman–Crippen MR) is 110 cm³/mol. The SMILES string of the molecule is O=C(COc1cccc2ccc(N3CCCC3)nc12)Nc1ccc(OC(F)(F)F)cc1. The summed E-state index contributed by atoms with van der Waals surface area (Å²) in [6.07, 6.45) is -2.48. The molecule has 9 heteroatoms. The molecule has 0 saturated carbocycles. The predicted octanol–water partition coefficient (Wildman–Crippen LogP) is 4.75. The molecule has 1 aliphatic heterocycles. The van der Waals surface area contributed by atoms with Crippen molar-refractivity contribution in [3.8, 4) is 11.5 Å². The molecule has 0 radical (unpaired) electrons. The Kier molecular flexibility index (Phi) is 5.83. The van der Waals surface area contributed by atoms with Crippen LogP contribution >= 0.6 is 0 Å². The first-order valence-corrected chi connectivity index (χ1v) is 9.81. The molecule has 4 rings (SSSR count). The van der Waals surface area contributed by atoms with Gasteiger partial charge >= 0.3 is 6.36 Å². The van der Waals surface area contributed by atoms with E-state index in [-0.39, 0.29) is 12.4 Å². The van der Waals surface area contributed by atoms with Gasteiger partial charge in [0.25, 0.3) is 5.91 Å². The highest BCUT2D eigenvalue weighted by molar-refractivity contribution is 5.92. The van der Waals surface area contributed by atoms with E-state index in [0.29, 0.717) is 17.0 Å². The average Bonchev–Trinajstić information content (AvgIpc) is 3.27. The molecule has 0 aliphatic carbocycles. The number of ether oxygens (including phenoxy) is 2. The fourth-order valence-electron chi connectivity index (χ4n) is 3.43. The normalized spacial score (nSPS) is 14.0. The molecule has 1 amide bonds. The van der Waals surface area contributed by atoms with Gasteiger partial charge in [-0.3, -0.25) is 4.79 Å². The molecule has 0 spiro atoms. The third-order valence-electron chi connectivity index (χ3n) is 4.83. The van der Waals surface area contributed by atoms with Crippen molar-refractivity contribution in [3.63, 3.8) is 0 Å². The Hall–Kier alpha value is -3.49. The maximum Gasteiger partial charge on any atom is 0.573 e. The number of rotatable bonds is 6. The number of pyridine rings is 1. The van der Waals surface area contributed by atoms with Crippen LogP contribution in [-0.4, -0.2) is 36.9 Å². The number of nitrogens with zero attached hydrogens (tertiary/aromatic N) is 2. The van der Waals surface area contributed by atoms with E-state index in [0.717, 1.165) is 49.3 Å². The second-order valence-corrected chi connectivity index (χ2v) is 7.10. The Bertz CT molecular complexity index is 1070. The number of hydrogen-bond donors (Lipinski definition) is 1. The molecular weight excluding hydrogens is 411 g/mol. The highest BCUT2D eigenvalue weighted by Crippen LogP contribution is 2.28. The molecule has 1 aromatic heterocycles. The van der Waals surface area contributed by atoms with Crippen LogP contribution in [0.5, 0.6) is 11.5 Å². The van der Waals surface area contributed by atoms with Gasteiger partial charge in [0.15, 0.2) is 6.61 Å². The maximum atomic E-state index is 12.2. The van der Waals surface area contributed by atoms with Crippen LogP contribution in [0.2, 0.25) is 0 Å². The van der Waals surface area contributed by atoms with Crippen molar-refractivity contribution in [2.24, 2.45) is 0 Å². The van der Waals surface area contributed by atoms with E-state index in [4.69, 9.17) is 9.72 Å². The minimum atomic E-state index is -4.76. The van der Waals surface area contributed by atoms with Crippen molar-refractivity contribution >= 4 is 28.3 Å². The van der Waals surface area contributed by atoms with Gasteiger partial charge in [-0.1, -0.05) is 12.1 Å². The summed E-state index contributed by atoms with van der Waals surface area (Å²) < 4.78 is 46.2. The van der Waals surface area contributed by atoms with Gasteiger partial charge in [0.05, 0.1) is 0 Å². The molecule has 162 valence electrons. The molecule has 1 fully saturated rings. The van der Waals surface area contributed by atoms with Gasteiger partial charge in [0.1, 0.15) is 22.8 Å². The monoisotopic (exact) mass is 431 g/mol. The van der Waals surface area contributed by atoms with Gasteiger partial charge in [-0.2, -0.15) is 0 Å². The van der Waals surface area contributed by atoms with Crippen molar-refractivity contribution in [2.75, 3.05) is 29.9 Å². The first-order chi connectivity index (χ1) is 14.9. The van der Waals surface area contributed by atoms with E-state index in [1.165, 1.54) is 12.1 Å². The fraction of sp³-hybridized carbons (Fsp3) is 0.273. The molecule has 0 unspecified atom stereocenters. The van der Waals surface area contributed by atoms with Gasteiger partial charge < -0.3 is 19.7 Å². The zero-order valence-electron chi connectivity index (χ0n) is 16.5. The number of benzene rings is 2. The van der Waals surface area contributed by atoms with E-state index >= 15 is 0 Å². The third kappa shape index (κ3) is 5.36. The van der Waals surface area contributed by atoms with Gasteiger partial charge in [-0.05, 0) is 55.3 Å². The number of alkyl halides is 3. The van der Waals surface area contributed by atoms with Gasteiger partial charge in [-0.15, -0.1) is 13.2 Å². The number of hydrogen-bond acceptors (Lipinski definition) is 5. The van der Waals surface area contributed by atoms with Crippen molar-refractivity contribution in [1.82, 2.24) is 4.98 Å². The summed E-state index contributed by atoms with van der Waals surface area (Å²) >= 11 is 0. The van der Waals surface area contributed by atoms with Crippen molar-refractivity contribution in [3.05, 3.63) is 54.6 Å². The highest BCUT2D eigenvalue weighted by Gasteiger charge is 2.31. The Morgan fingerprint density at radius 2 is 1.77 bits per heavy atom. The van der Waals surface area contributed by atoms with Crippen LogP contribution in [0.25, 0.3) is 10.9 Å². The molecule has 31 heavy (non-hydrogen) atoms. The summed E-state index contributed by atoms with van der Waals surface area (Å²) in [5, 5.41) is 3.48. The molecule has 1 N–H and O–H groups in total. The van der Waals surface area contributed by atoms with Crippen LogP contribution < -0.4 is 19.7 Å². The first-order valence-electron chi connectivity index (χ1n) is 9.81. The Morgan fingerprint density at radius 1 is 1.03 bits per heavy atom. The van der Waals surface area contributed by atoms with E-state index in [1.807, 2.05) is 24.3 Å². The fourth-order valence-corrected chi connectivity index (χ4v) is 3.43. The van der Waals surface area contributed by atoms with E-state index < -0.39 is 12.3 Å². The number of aromatic nitrogens is 1. The van der Waals surface area contributed by atoms with Crippen LogP contribution in [0.3, 0.4) is 0 Å². The molecule has 0 bridgehead atoms. The summed E-state index contributed by atoms with van der Waals surface area (Å²) in [6, 6.07) is 14.3. The second kappa shape index (κ2) is 8.71. The Labute approximate surface area is 176 Å². The second-order valence-electron chi connectivity index (χ2n) is 7.10. The lowest BCUT2D eigenvalue weighted by Crippen LogP contribution is -2.21. The number of amides is 1. The highest BCUT2D eigenvalue weighted by atomic mass is 19.4. The van der Waals surface area contributed by atoms with Crippen LogP contribution in [0.4, 0.5) is 24.7 Å². The van der Waals surface area contributed by atoms with Crippen molar-refractivity contribution in [2.45, 2.75) is 19.2 Å². The minimum Gasteiger partial charge on any atom is -0.481 e. The lowest BCUT2D eigenvalue weighted by atomic mass is 10.2. The molecule has 0 atom stereocenters. The van der Waals surface area contributed by atoms with Gasteiger partial charge in [0, 0.05) is 24.2 Å². The summed E-state index contributed by atoms with van der Waals surface area (Å²) in [6.45, 7) is 1.67. The summed E-state index contributed by atoms with van der Waals surface area (Å²) in [5.74, 6) is 0.559. The Balaban J connectivity index is 1.40. The van der Waals surface area contributed by atoms with Crippen LogP contribution in [-0.2, 0) is 4.79 Å². The molecule has 1 aliphatic rings. The molecule has 6 nitrogen and oxygen atoms in total. The molecular formula is C22H20F3N3O3. The van der Waals surface area contributed by atoms with Crippen molar-refractivity contribution in [1.29, 1.82) is 0 Å². The number of anilines is 2. The minimum absolute atomic E-state index is 0.268. The maximum absolute atomic E-state index is 12.2. The van der Waals surface area contributed by atoms with Gasteiger partial charge in [-0.25, -0.2) is 4.98 Å². The zero-order valence-corrected chi connectivity index (χ0v) is 16.5. The summed E-state index contributed by atoms with van der Waals surface area (Å²) in [5.41, 5.74) is 1.00. The van der Waals surface area contributed by atoms with Crippen LogP contribution in [0.15, 0.2) is 54.6 Å². The number of para-hydroxylation sites is 1. The van der Waals surface area contributed by atoms with Crippen LogP contribution in [0, 0.1) is 0 Å². The number of halogens is 3. The van der Waals surface area contributed by atoms with Gasteiger partial charge in [0.2, 0.25) is 0 Å². The third-order valence-corrected chi connectivity index (χ3v) is 4.83. The molecule has 1 saturated heterocycles. The largest absolute Gasteiger partial charge is 0.573 e. The van der Waals surface area contributed by atoms with Crippen LogP contribution in [0.1, 0.15) is 12.8 Å². The quantitative estimate of drug-likeness (QED) is 0.610. The number of nitrogens with one attached hydrogen (secondary N) is 1. The average molecular weight is 431 g/mol. The molecule has 2 aromatic carbocycles. The standard InChI is InChI=1S/C22H20F3N3O3/c23-22(24,25)31-17-9-7-16(8-10-17)26-20(29)14-30-18-5-3-4-15-6-11-19(27-21(15)18)28-12-1-2-13-28/h3-11H,1-2,12-14H2,(H,26,29). The number of carbonyl (C=O) groups excluding carboxylic acids is 1. The topological polar surface area (TPSA) is 63.7 Å². The number of carbonyl (C=O) groups is 1. The molecule has 2 heterocycles. The van der Waals surface area contributed by atoms with E-state index in [2.05, 4.69) is 15.0 Å². The lowest BCUT2D eigenvalue weighted by molar-refractivity contribution is -0.274. The first kappa shape index (κ1) is 20.8.